The lowest BCUT2D eigenvalue weighted by atomic mass is 9.82. The highest BCUT2D eigenvalue weighted by atomic mass is 32.2. The highest BCUT2D eigenvalue weighted by Gasteiger charge is 2.39. The van der Waals surface area contributed by atoms with Crippen molar-refractivity contribution in [3.8, 4) is 33.8 Å². The van der Waals surface area contributed by atoms with Crippen molar-refractivity contribution in [2.24, 2.45) is 0 Å². The van der Waals surface area contributed by atoms with Crippen LogP contribution in [-0.2, 0) is 20.7 Å². The number of sulfone groups is 1. The van der Waals surface area contributed by atoms with Gasteiger partial charge in [-0.25, -0.2) is 8.42 Å². The molecule has 0 atom stereocenters. The van der Waals surface area contributed by atoms with E-state index in [1.165, 1.54) is 0 Å². The van der Waals surface area contributed by atoms with Gasteiger partial charge in [-0.1, -0.05) is 52.0 Å². The smallest absolute Gasteiger partial charge is 0.206 e. The van der Waals surface area contributed by atoms with Crippen LogP contribution in [0.2, 0.25) is 0 Å². The SMILES string of the molecule is COc1ccc2c(c1)C(C)(C)c1cc(S(=O)(=O)c3ccc4c(c3)C(C)(C)c3cc(OC)ccc3-4)ccc1-2. The van der Waals surface area contributed by atoms with Gasteiger partial charge in [-0.05, 0) is 93.0 Å². The van der Waals surface area contributed by atoms with Gasteiger partial charge in [0.15, 0.2) is 0 Å². The quantitative estimate of drug-likeness (QED) is 0.293. The standard InChI is InChI=1S/C32H30O4S/c1-31(2)27-15-19(35-5)7-11-23(27)25-13-9-21(17-29(25)31)37(33,34)22-10-14-26-24-12-8-20(36-6)16-28(24)32(3,4)30(26)18-22/h7-18H,1-6H3. The van der Waals surface area contributed by atoms with Crippen LogP contribution in [0.1, 0.15) is 49.9 Å². The summed E-state index contributed by atoms with van der Waals surface area (Å²) in [7, 11) is -0.410. The Labute approximate surface area is 218 Å². The van der Waals surface area contributed by atoms with Crippen LogP contribution in [0.15, 0.2) is 82.6 Å². The van der Waals surface area contributed by atoms with Crippen LogP contribution >= 0.6 is 0 Å². The molecule has 0 saturated heterocycles. The monoisotopic (exact) mass is 510 g/mol. The summed E-state index contributed by atoms with van der Waals surface area (Å²) in [6.45, 7) is 8.54. The Morgan fingerprint density at radius 3 is 1.19 bits per heavy atom. The van der Waals surface area contributed by atoms with Gasteiger partial charge in [0.25, 0.3) is 0 Å². The van der Waals surface area contributed by atoms with Gasteiger partial charge in [0.1, 0.15) is 11.5 Å². The van der Waals surface area contributed by atoms with Crippen LogP contribution in [0, 0.1) is 0 Å². The molecule has 4 aromatic carbocycles. The van der Waals surface area contributed by atoms with E-state index in [-0.39, 0.29) is 10.8 Å². The average molecular weight is 511 g/mol. The number of rotatable bonds is 4. The molecule has 37 heavy (non-hydrogen) atoms. The average Bonchev–Trinajstić information content (AvgIpc) is 3.26. The molecule has 6 rings (SSSR count). The van der Waals surface area contributed by atoms with E-state index < -0.39 is 9.84 Å². The van der Waals surface area contributed by atoms with Gasteiger partial charge in [-0.15, -0.1) is 0 Å². The third-order valence-corrected chi connectivity index (χ3v) is 10.1. The fraction of sp³-hybridized carbons (Fsp3) is 0.250. The highest BCUT2D eigenvalue weighted by Crippen LogP contribution is 2.52. The van der Waals surface area contributed by atoms with E-state index in [1.54, 1.807) is 26.4 Å². The van der Waals surface area contributed by atoms with Crippen molar-refractivity contribution < 1.29 is 17.9 Å². The van der Waals surface area contributed by atoms with Crippen molar-refractivity contribution in [3.05, 3.63) is 95.1 Å². The Morgan fingerprint density at radius 1 is 0.514 bits per heavy atom. The summed E-state index contributed by atoms with van der Waals surface area (Å²) in [6.07, 6.45) is 0. The van der Waals surface area contributed by atoms with Crippen molar-refractivity contribution in [3.63, 3.8) is 0 Å². The Kier molecular flexibility index (Phi) is 4.97. The molecule has 0 spiro atoms. The maximum Gasteiger partial charge on any atom is 0.206 e. The van der Waals surface area contributed by atoms with Crippen LogP contribution in [0.3, 0.4) is 0 Å². The molecule has 0 fully saturated rings. The maximum atomic E-state index is 14.0. The first-order chi connectivity index (χ1) is 17.5. The minimum absolute atomic E-state index is 0.314. The van der Waals surface area contributed by atoms with Gasteiger partial charge in [-0.2, -0.15) is 0 Å². The third kappa shape index (κ3) is 3.23. The van der Waals surface area contributed by atoms with Crippen LogP contribution in [0.25, 0.3) is 22.3 Å². The fourth-order valence-corrected chi connectivity index (χ4v) is 7.43. The molecule has 5 heteroatoms. The summed E-state index contributed by atoms with van der Waals surface area (Å²) in [6, 6.07) is 23.2. The molecule has 0 saturated carbocycles. The zero-order chi connectivity index (χ0) is 26.3. The molecule has 4 aromatic rings. The largest absolute Gasteiger partial charge is 0.497 e. The summed E-state index contributed by atoms with van der Waals surface area (Å²) >= 11 is 0. The van der Waals surface area contributed by atoms with Crippen molar-refractivity contribution in [1.29, 1.82) is 0 Å². The number of benzene rings is 4. The van der Waals surface area contributed by atoms with E-state index in [0.717, 1.165) is 56.0 Å². The Bertz CT molecular complexity index is 1590. The van der Waals surface area contributed by atoms with Crippen molar-refractivity contribution in [2.45, 2.75) is 48.3 Å². The number of ether oxygens (including phenoxy) is 2. The molecule has 0 bridgehead atoms. The minimum atomic E-state index is -3.73. The fourth-order valence-electron chi connectivity index (χ4n) is 6.12. The van der Waals surface area contributed by atoms with Crippen LogP contribution in [-0.4, -0.2) is 22.6 Å². The van der Waals surface area contributed by atoms with E-state index >= 15 is 0 Å². The molecule has 188 valence electrons. The molecule has 0 heterocycles. The van der Waals surface area contributed by atoms with E-state index in [4.69, 9.17) is 9.47 Å². The molecule has 0 unspecified atom stereocenters. The van der Waals surface area contributed by atoms with Crippen molar-refractivity contribution in [2.75, 3.05) is 14.2 Å². The van der Waals surface area contributed by atoms with E-state index in [9.17, 15) is 8.42 Å². The number of methoxy groups -OCH3 is 2. The van der Waals surface area contributed by atoms with Gasteiger partial charge in [0.05, 0.1) is 24.0 Å². The summed E-state index contributed by atoms with van der Waals surface area (Å²) in [5.74, 6) is 1.60. The Morgan fingerprint density at radius 2 is 0.838 bits per heavy atom. The van der Waals surface area contributed by atoms with Gasteiger partial charge in [-0.3, -0.25) is 0 Å². The number of hydrogen-bond acceptors (Lipinski definition) is 4. The summed E-state index contributed by atoms with van der Waals surface area (Å²) in [5.41, 5.74) is 8.01. The van der Waals surface area contributed by atoms with Gasteiger partial charge in [0.2, 0.25) is 9.84 Å². The van der Waals surface area contributed by atoms with E-state index in [0.29, 0.717) is 9.79 Å². The molecule has 2 aliphatic rings. The second-order valence-electron chi connectivity index (χ2n) is 11.0. The van der Waals surface area contributed by atoms with Crippen molar-refractivity contribution in [1.82, 2.24) is 0 Å². The molecule has 4 nitrogen and oxygen atoms in total. The van der Waals surface area contributed by atoms with Gasteiger partial charge >= 0.3 is 0 Å². The lowest BCUT2D eigenvalue weighted by Gasteiger charge is -2.23. The lowest BCUT2D eigenvalue weighted by molar-refractivity contribution is 0.413. The summed E-state index contributed by atoms with van der Waals surface area (Å²) < 4.78 is 38.8. The molecular formula is C32H30O4S. The molecule has 0 aliphatic heterocycles. The predicted octanol–water partition coefficient (Wildman–Crippen LogP) is 7.15. The maximum absolute atomic E-state index is 14.0. The third-order valence-electron chi connectivity index (χ3n) is 8.33. The van der Waals surface area contributed by atoms with Crippen molar-refractivity contribution >= 4 is 9.84 Å². The molecular weight excluding hydrogens is 480 g/mol. The van der Waals surface area contributed by atoms with Crippen LogP contribution in [0.5, 0.6) is 11.5 Å². The first kappa shape index (κ1) is 23.8. The van der Waals surface area contributed by atoms with Crippen LogP contribution in [0.4, 0.5) is 0 Å². The van der Waals surface area contributed by atoms with Gasteiger partial charge in [0, 0.05) is 10.8 Å². The summed E-state index contributed by atoms with van der Waals surface area (Å²) in [4.78, 5) is 0.628. The molecule has 0 amide bonds. The molecule has 0 radical (unpaired) electrons. The molecule has 2 aliphatic carbocycles. The first-order valence-corrected chi connectivity index (χ1v) is 13.9. The Balaban J connectivity index is 1.45. The lowest BCUT2D eigenvalue weighted by Crippen LogP contribution is -2.17. The highest BCUT2D eigenvalue weighted by molar-refractivity contribution is 7.91. The van der Waals surface area contributed by atoms with Gasteiger partial charge < -0.3 is 9.47 Å². The Hall–Kier alpha value is -3.57. The minimum Gasteiger partial charge on any atom is -0.497 e. The second kappa shape index (κ2) is 7.72. The predicted molar refractivity (Wildman–Crippen MR) is 147 cm³/mol. The first-order valence-electron chi connectivity index (χ1n) is 12.4. The molecule has 0 N–H and O–H groups in total. The van der Waals surface area contributed by atoms with E-state index in [2.05, 4.69) is 52.0 Å². The molecule has 0 aromatic heterocycles. The summed E-state index contributed by atoms with van der Waals surface area (Å²) in [5, 5.41) is 0. The normalized spacial score (nSPS) is 15.9. The second-order valence-corrected chi connectivity index (χ2v) is 12.9. The van der Waals surface area contributed by atoms with E-state index in [1.807, 2.05) is 36.4 Å². The zero-order valence-electron chi connectivity index (χ0n) is 22.0. The topological polar surface area (TPSA) is 52.6 Å². The van der Waals surface area contributed by atoms with Crippen LogP contribution < -0.4 is 9.47 Å². The number of fused-ring (bicyclic) bond motifs is 6. The number of hydrogen-bond donors (Lipinski definition) is 0. The zero-order valence-corrected chi connectivity index (χ0v) is 22.8.